The molecule has 0 fully saturated rings. The van der Waals surface area contributed by atoms with E-state index in [2.05, 4.69) is 15.1 Å². The van der Waals surface area contributed by atoms with E-state index in [0.717, 1.165) is 11.4 Å². The summed E-state index contributed by atoms with van der Waals surface area (Å²) in [6.45, 7) is 8.88. The normalized spacial score (nSPS) is 11.9. The summed E-state index contributed by atoms with van der Waals surface area (Å²) in [5, 5.41) is 4.25. The summed E-state index contributed by atoms with van der Waals surface area (Å²) >= 11 is 0. The molecule has 7 heteroatoms. The van der Waals surface area contributed by atoms with Crippen LogP contribution in [0.2, 0.25) is 0 Å². The lowest BCUT2D eigenvalue weighted by atomic mass is 9.93. The van der Waals surface area contributed by atoms with Crippen LogP contribution in [0.1, 0.15) is 35.9 Å². The highest BCUT2D eigenvalue weighted by molar-refractivity contribution is 5.90. The fraction of sp³-hybridized carbons (Fsp3) is 0.571. The number of amides is 1. The first-order valence-corrected chi connectivity index (χ1v) is 6.90. The van der Waals surface area contributed by atoms with Gasteiger partial charge < -0.3 is 10.6 Å². The maximum Gasteiger partial charge on any atom is 0.293 e. The molecule has 0 bridgehead atoms. The number of aromatic nitrogens is 4. The molecule has 2 heterocycles. The minimum absolute atomic E-state index is 0.145. The summed E-state index contributed by atoms with van der Waals surface area (Å²) in [5.41, 5.74) is 7.31. The standard InChI is InChI=1S/C14H22N6O/c1-9-6-10(2)20-13(16-9)17-11(18-20)12(21)19(5)8-14(3,4)7-15/h6H,7-8,15H2,1-5H3. The van der Waals surface area contributed by atoms with Crippen LogP contribution in [-0.4, -0.2) is 50.5 Å². The van der Waals surface area contributed by atoms with Gasteiger partial charge in [-0.3, -0.25) is 4.79 Å². The molecule has 0 unspecified atom stereocenters. The van der Waals surface area contributed by atoms with E-state index in [1.807, 2.05) is 33.8 Å². The molecule has 21 heavy (non-hydrogen) atoms. The molecule has 2 rings (SSSR count). The van der Waals surface area contributed by atoms with Gasteiger partial charge in [0.05, 0.1) is 0 Å². The van der Waals surface area contributed by atoms with Crippen molar-refractivity contribution >= 4 is 11.7 Å². The van der Waals surface area contributed by atoms with Crippen LogP contribution in [0.3, 0.4) is 0 Å². The smallest absolute Gasteiger partial charge is 0.293 e. The SMILES string of the molecule is Cc1cc(C)n2nc(C(=O)N(C)CC(C)(C)CN)nc2n1. The van der Waals surface area contributed by atoms with E-state index in [0.29, 0.717) is 18.9 Å². The summed E-state index contributed by atoms with van der Waals surface area (Å²) in [7, 11) is 1.73. The second-order valence-electron chi connectivity index (χ2n) is 6.22. The summed E-state index contributed by atoms with van der Waals surface area (Å²) in [6.07, 6.45) is 0. The quantitative estimate of drug-likeness (QED) is 0.899. The Kier molecular flexibility index (Phi) is 3.95. The molecule has 0 aliphatic carbocycles. The fourth-order valence-corrected chi connectivity index (χ4v) is 2.21. The highest BCUT2D eigenvalue weighted by Crippen LogP contribution is 2.15. The van der Waals surface area contributed by atoms with E-state index >= 15 is 0 Å². The summed E-state index contributed by atoms with van der Waals surface area (Å²) in [5.74, 6) is 0.382. The van der Waals surface area contributed by atoms with Crippen molar-refractivity contribution in [3.05, 3.63) is 23.3 Å². The number of nitrogens with zero attached hydrogens (tertiary/aromatic N) is 5. The first-order chi connectivity index (χ1) is 9.73. The van der Waals surface area contributed by atoms with Gasteiger partial charge in [-0.2, -0.15) is 4.98 Å². The minimum Gasteiger partial charge on any atom is -0.338 e. The van der Waals surface area contributed by atoms with Gasteiger partial charge in [0.25, 0.3) is 11.7 Å². The van der Waals surface area contributed by atoms with Crippen LogP contribution in [0.15, 0.2) is 6.07 Å². The number of nitrogens with two attached hydrogens (primary N) is 1. The van der Waals surface area contributed by atoms with E-state index in [1.165, 1.54) is 0 Å². The third-order valence-electron chi connectivity index (χ3n) is 3.37. The molecule has 0 atom stereocenters. The topological polar surface area (TPSA) is 89.4 Å². The average Bonchev–Trinajstić information content (AvgIpc) is 2.81. The molecule has 7 nitrogen and oxygen atoms in total. The molecular formula is C14H22N6O. The van der Waals surface area contributed by atoms with E-state index in [-0.39, 0.29) is 17.1 Å². The first kappa shape index (κ1) is 15.4. The summed E-state index contributed by atoms with van der Waals surface area (Å²) in [6, 6.07) is 1.90. The van der Waals surface area contributed by atoms with Crippen LogP contribution in [0.4, 0.5) is 0 Å². The van der Waals surface area contributed by atoms with Gasteiger partial charge in [-0.05, 0) is 31.9 Å². The molecule has 114 valence electrons. The molecule has 0 aliphatic heterocycles. The number of aryl methyl sites for hydroxylation is 2. The van der Waals surface area contributed by atoms with Crippen LogP contribution in [0, 0.1) is 19.3 Å². The van der Waals surface area contributed by atoms with Gasteiger partial charge in [0.15, 0.2) is 0 Å². The zero-order valence-corrected chi connectivity index (χ0v) is 13.2. The predicted octanol–water partition coefficient (Wildman–Crippen LogP) is 0.798. The monoisotopic (exact) mass is 290 g/mol. The van der Waals surface area contributed by atoms with Crippen molar-refractivity contribution in [1.29, 1.82) is 0 Å². The summed E-state index contributed by atoms with van der Waals surface area (Å²) < 4.78 is 1.59. The van der Waals surface area contributed by atoms with Crippen molar-refractivity contribution in [2.24, 2.45) is 11.1 Å². The number of fused-ring (bicyclic) bond motifs is 1. The lowest BCUT2D eigenvalue weighted by Gasteiger charge is -2.28. The van der Waals surface area contributed by atoms with Gasteiger partial charge in [-0.15, -0.1) is 5.10 Å². The van der Waals surface area contributed by atoms with Crippen molar-refractivity contribution in [3.63, 3.8) is 0 Å². The summed E-state index contributed by atoms with van der Waals surface area (Å²) in [4.78, 5) is 22.5. The van der Waals surface area contributed by atoms with Crippen LogP contribution in [0.25, 0.3) is 5.78 Å². The number of carbonyl (C=O) groups is 1. The molecule has 0 saturated carbocycles. The highest BCUT2D eigenvalue weighted by atomic mass is 16.2. The Hall–Kier alpha value is -2.02. The Morgan fingerprint density at radius 2 is 2.05 bits per heavy atom. The number of carbonyl (C=O) groups excluding carboxylic acids is 1. The zero-order chi connectivity index (χ0) is 15.8. The maximum atomic E-state index is 12.4. The van der Waals surface area contributed by atoms with E-state index in [4.69, 9.17) is 5.73 Å². The third kappa shape index (κ3) is 3.18. The Balaban J connectivity index is 2.29. The molecule has 2 aromatic heterocycles. The average molecular weight is 290 g/mol. The van der Waals surface area contributed by atoms with Gasteiger partial charge in [-0.1, -0.05) is 13.8 Å². The van der Waals surface area contributed by atoms with Crippen molar-refractivity contribution in [2.75, 3.05) is 20.1 Å². The van der Waals surface area contributed by atoms with Gasteiger partial charge in [0.1, 0.15) is 0 Å². The number of rotatable bonds is 4. The van der Waals surface area contributed by atoms with Crippen LogP contribution in [0.5, 0.6) is 0 Å². The lowest BCUT2D eigenvalue weighted by Crippen LogP contribution is -2.40. The molecule has 0 radical (unpaired) electrons. The molecule has 2 N–H and O–H groups in total. The molecule has 0 spiro atoms. The van der Waals surface area contributed by atoms with Crippen molar-refractivity contribution in [3.8, 4) is 0 Å². The second-order valence-corrected chi connectivity index (χ2v) is 6.22. The molecule has 1 amide bonds. The Bertz CT molecular complexity index is 675. The van der Waals surface area contributed by atoms with Crippen molar-refractivity contribution in [2.45, 2.75) is 27.7 Å². The predicted molar refractivity (Wildman–Crippen MR) is 80.1 cm³/mol. The zero-order valence-electron chi connectivity index (χ0n) is 13.2. The van der Waals surface area contributed by atoms with Crippen molar-refractivity contribution in [1.82, 2.24) is 24.5 Å². The van der Waals surface area contributed by atoms with Crippen LogP contribution >= 0.6 is 0 Å². The maximum absolute atomic E-state index is 12.4. The number of hydrogen-bond acceptors (Lipinski definition) is 5. The van der Waals surface area contributed by atoms with E-state index < -0.39 is 0 Å². The molecule has 0 aromatic carbocycles. The first-order valence-electron chi connectivity index (χ1n) is 6.90. The van der Waals surface area contributed by atoms with Gasteiger partial charge in [-0.25, -0.2) is 9.50 Å². The van der Waals surface area contributed by atoms with Crippen LogP contribution < -0.4 is 5.73 Å². The molecular weight excluding hydrogens is 268 g/mol. The number of hydrogen-bond donors (Lipinski definition) is 1. The van der Waals surface area contributed by atoms with E-state index in [1.54, 1.807) is 16.5 Å². The third-order valence-corrected chi connectivity index (χ3v) is 3.37. The largest absolute Gasteiger partial charge is 0.338 e. The molecule has 2 aromatic rings. The highest BCUT2D eigenvalue weighted by Gasteiger charge is 2.24. The Morgan fingerprint density at radius 3 is 2.67 bits per heavy atom. The fourth-order valence-electron chi connectivity index (χ4n) is 2.21. The second kappa shape index (κ2) is 5.40. The van der Waals surface area contributed by atoms with Crippen molar-refractivity contribution < 1.29 is 4.79 Å². The molecule has 0 aliphatic rings. The van der Waals surface area contributed by atoms with Gasteiger partial charge >= 0.3 is 0 Å². The van der Waals surface area contributed by atoms with Crippen LogP contribution in [-0.2, 0) is 0 Å². The van der Waals surface area contributed by atoms with Gasteiger partial charge in [0.2, 0.25) is 5.82 Å². The Labute approximate surface area is 124 Å². The Morgan fingerprint density at radius 1 is 1.38 bits per heavy atom. The van der Waals surface area contributed by atoms with E-state index in [9.17, 15) is 4.79 Å². The lowest BCUT2D eigenvalue weighted by molar-refractivity contribution is 0.0728. The van der Waals surface area contributed by atoms with Gasteiger partial charge in [0, 0.05) is 25.0 Å². The minimum atomic E-state index is -0.223. The molecule has 0 saturated heterocycles.